The van der Waals surface area contributed by atoms with Crippen LogP contribution in [0.2, 0.25) is 0 Å². The van der Waals surface area contributed by atoms with E-state index in [2.05, 4.69) is 6.07 Å². The number of hydrogen-bond donors (Lipinski definition) is 0. The van der Waals surface area contributed by atoms with E-state index in [1.807, 2.05) is 0 Å². The van der Waals surface area contributed by atoms with Crippen LogP contribution in [0.25, 0.3) is 0 Å². The average molecular weight is 192 g/mol. The molecule has 14 heavy (non-hydrogen) atoms. The molecule has 0 heterocycles. The van der Waals surface area contributed by atoms with Crippen molar-refractivity contribution in [1.82, 2.24) is 0 Å². The minimum Gasteiger partial charge on any atom is -0.486 e. The number of para-hydroxylation sites is 1. The molecule has 1 aliphatic carbocycles. The molecule has 1 saturated carbocycles. The van der Waals surface area contributed by atoms with E-state index in [0.717, 1.165) is 0 Å². The van der Waals surface area contributed by atoms with E-state index in [9.17, 15) is 10.1 Å². The molecule has 0 aromatic heterocycles. The molecule has 0 unspecified atom stereocenters. The molecule has 4 heteroatoms. The van der Waals surface area contributed by atoms with Crippen LogP contribution in [0.4, 0.5) is 5.69 Å². The molecule has 2 rings (SSSR count). The molecule has 4 nitrogen and oxygen atoms in total. The number of rotatable bonds is 4. The van der Waals surface area contributed by atoms with E-state index in [4.69, 9.17) is 4.74 Å². The first-order chi connectivity index (χ1) is 6.77. The van der Waals surface area contributed by atoms with Gasteiger partial charge in [0.25, 0.3) is 0 Å². The second-order valence-electron chi connectivity index (χ2n) is 3.40. The maximum absolute atomic E-state index is 10.6. The second-order valence-corrected chi connectivity index (χ2v) is 3.40. The molecule has 1 aliphatic rings. The zero-order valence-electron chi connectivity index (χ0n) is 7.60. The molecule has 0 N–H and O–H groups in total. The van der Waals surface area contributed by atoms with E-state index in [1.54, 1.807) is 12.1 Å². The Kier molecular flexibility index (Phi) is 2.35. The third-order valence-corrected chi connectivity index (χ3v) is 2.15. The van der Waals surface area contributed by atoms with Crippen LogP contribution in [-0.4, -0.2) is 11.5 Å². The third-order valence-electron chi connectivity index (χ3n) is 2.15. The summed E-state index contributed by atoms with van der Waals surface area (Å²) in [4.78, 5) is 10.1. The highest BCUT2D eigenvalue weighted by Crippen LogP contribution is 2.31. The molecule has 0 spiro atoms. The fourth-order valence-corrected chi connectivity index (χ4v) is 1.16. The first-order valence-corrected chi connectivity index (χ1v) is 4.55. The number of benzene rings is 1. The Bertz CT molecular complexity index is 347. The van der Waals surface area contributed by atoms with E-state index in [0.29, 0.717) is 12.5 Å². The lowest BCUT2D eigenvalue weighted by atomic mass is 10.3. The molecule has 1 radical (unpaired) electrons. The van der Waals surface area contributed by atoms with Crippen molar-refractivity contribution in [3.63, 3.8) is 0 Å². The summed E-state index contributed by atoms with van der Waals surface area (Å²) in [7, 11) is 0. The number of ether oxygens (including phenoxy) is 1. The molecule has 1 aromatic carbocycles. The van der Waals surface area contributed by atoms with Gasteiger partial charge in [-0.2, -0.15) is 0 Å². The predicted molar refractivity (Wildman–Crippen MR) is 50.2 cm³/mol. The number of nitro benzene ring substituents is 1. The van der Waals surface area contributed by atoms with Crippen molar-refractivity contribution in [3.8, 4) is 5.75 Å². The fourth-order valence-electron chi connectivity index (χ4n) is 1.16. The van der Waals surface area contributed by atoms with Gasteiger partial charge in [-0.05, 0) is 24.8 Å². The van der Waals surface area contributed by atoms with Gasteiger partial charge < -0.3 is 4.74 Å². The van der Waals surface area contributed by atoms with E-state index in [1.165, 1.54) is 18.9 Å². The third kappa shape index (κ3) is 2.02. The Hall–Kier alpha value is -1.58. The van der Waals surface area contributed by atoms with E-state index >= 15 is 0 Å². The zero-order chi connectivity index (χ0) is 9.97. The summed E-state index contributed by atoms with van der Waals surface area (Å²) in [6.07, 6.45) is 2.33. The first-order valence-electron chi connectivity index (χ1n) is 4.55. The molecule has 1 aromatic rings. The van der Waals surface area contributed by atoms with Gasteiger partial charge in [0.05, 0.1) is 11.5 Å². The predicted octanol–water partition coefficient (Wildman–Crippen LogP) is 2.18. The van der Waals surface area contributed by atoms with Gasteiger partial charge in [0, 0.05) is 12.1 Å². The normalized spacial score (nSPS) is 15.1. The Labute approximate surface area is 81.7 Å². The summed E-state index contributed by atoms with van der Waals surface area (Å²) >= 11 is 0. The van der Waals surface area contributed by atoms with Crippen LogP contribution in [0.5, 0.6) is 5.75 Å². The molecular formula is C10H10NO3. The topological polar surface area (TPSA) is 52.4 Å². The fraction of sp³-hybridized carbons (Fsp3) is 0.400. The van der Waals surface area contributed by atoms with Crippen LogP contribution in [-0.2, 0) is 0 Å². The summed E-state index contributed by atoms with van der Waals surface area (Å²) < 4.78 is 5.33. The van der Waals surface area contributed by atoms with Crippen LogP contribution in [0, 0.1) is 22.1 Å². The smallest absolute Gasteiger partial charge is 0.311 e. The maximum atomic E-state index is 10.6. The van der Waals surface area contributed by atoms with Gasteiger partial charge in [-0.1, -0.05) is 6.07 Å². The van der Waals surface area contributed by atoms with Crippen molar-refractivity contribution in [2.75, 3.05) is 6.61 Å². The minimum absolute atomic E-state index is 0.00634. The standard InChI is InChI=1S/C10H10NO3/c12-11(13)9-3-1-2-4-10(9)14-7-8-5-6-8/h1-3,8H,5-7H2. The van der Waals surface area contributed by atoms with Crippen molar-refractivity contribution in [3.05, 3.63) is 34.4 Å². The van der Waals surface area contributed by atoms with Crippen LogP contribution < -0.4 is 4.74 Å². The lowest BCUT2D eigenvalue weighted by Crippen LogP contribution is -2.01. The Morgan fingerprint density at radius 2 is 2.43 bits per heavy atom. The van der Waals surface area contributed by atoms with Gasteiger partial charge in [0.15, 0.2) is 0 Å². The summed E-state index contributed by atoms with van der Waals surface area (Å²) in [6.45, 7) is 0.571. The van der Waals surface area contributed by atoms with Crippen LogP contribution >= 0.6 is 0 Å². The first kappa shape index (κ1) is 8.99. The van der Waals surface area contributed by atoms with Gasteiger partial charge in [-0.3, -0.25) is 10.1 Å². The highest BCUT2D eigenvalue weighted by atomic mass is 16.6. The van der Waals surface area contributed by atoms with Gasteiger partial charge in [-0.15, -0.1) is 0 Å². The van der Waals surface area contributed by atoms with Crippen molar-refractivity contribution in [2.45, 2.75) is 12.8 Å². The van der Waals surface area contributed by atoms with Crippen LogP contribution in [0.1, 0.15) is 12.8 Å². The number of nitro groups is 1. The van der Waals surface area contributed by atoms with Gasteiger partial charge in [-0.25, -0.2) is 0 Å². The summed E-state index contributed by atoms with van der Waals surface area (Å²) in [5.74, 6) is 0.840. The molecule has 0 saturated heterocycles. The van der Waals surface area contributed by atoms with Gasteiger partial charge in [0.1, 0.15) is 0 Å². The maximum Gasteiger partial charge on any atom is 0.311 e. The number of hydrogen-bond acceptors (Lipinski definition) is 3. The SMILES string of the molecule is O=[N+]([O-])c1ccc[c]c1OCC1CC1. The monoisotopic (exact) mass is 192 g/mol. The molecular weight excluding hydrogens is 182 g/mol. The molecule has 1 fully saturated rings. The van der Waals surface area contributed by atoms with Gasteiger partial charge in [0.2, 0.25) is 5.75 Å². The largest absolute Gasteiger partial charge is 0.486 e. The van der Waals surface area contributed by atoms with Crippen molar-refractivity contribution < 1.29 is 9.66 Å². The lowest BCUT2D eigenvalue weighted by Gasteiger charge is -2.04. The summed E-state index contributed by atoms with van der Waals surface area (Å²) in [5.41, 5.74) is -0.00634. The molecule has 0 amide bonds. The highest BCUT2D eigenvalue weighted by molar-refractivity contribution is 5.44. The quantitative estimate of drug-likeness (QED) is 0.542. The van der Waals surface area contributed by atoms with Gasteiger partial charge >= 0.3 is 5.69 Å². The zero-order valence-corrected chi connectivity index (χ0v) is 7.60. The van der Waals surface area contributed by atoms with Crippen molar-refractivity contribution in [2.24, 2.45) is 5.92 Å². The van der Waals surface area contributed by atoms with Crippen molar-refractivity contribution in [1.29, 1.82) is 0 Å². The van der Waals surface area contributed by atoms with Crippen molar-refractivity contribution >= 4 is 5.69 Å². The Morgan fingerprint density at radius 3 is 3.07 bits per heavy atom. The van der Waals surface area contributed by atoms with Crippen LogP contribution in [0.3, 0.4) is 0 Å². The summed E-state index contributed by atoms with van der Waals surface area (Å²) in [5, 5.41) is 10.6. The highest BCUT2D eigenvalue weighted by Gasteiger charge is 2.23. The minimum atomic E-state index is -0.446. The average Bonchev–Trinajstić information content (AvgIpc) is 2.98. The molecule has 0 bridgehead atoms. The lowest BCUT2D eigenvalue weighted by molar-refractivity contribution is -0.385. The van der Waals surface area contributed by atoms with E-state index in [-0.39, 0.29) is 11.4 Å². The molecule has 0 aliphatic heterocycles. The number of nitrogens with zero attached hydrogens (tertiary/aromatic N) is 1. The Balaban J connectivity index is 2.09. The van der Waals surface area contributed by atoms with E-state index < -0.39 is 4.92 Å². The molecule has 73 valence electrons. The molecule has 0 atom stereocenters. The second kappa shape index (κ2) is 3.65. The summed E-state index contributed by atoms with van der Waals surface area (Å²) in [6, 6.07) is 7.37. The Morgan fingerprint density at radius 1 is 1.64 bits per heavy atom. The van der Waals surface area contributed by atoms with Crippen LogP contribution in [0.15, 0.2) is 18.2 Å².